The van der Waals surface area contributed by atoms with Crippen LogP contribution in [-0.2, 0) is 9.47 Å². The molecule has 1 aromatic rings. The van der Waals surface area contributed by atoms with Crippen LogP contribution in [-0.4, -0.2) is 24.1 Å². The molecule has 2 saturated carbocycles. The van der Waals surface area contributed by atoms with Gasteiger partial charge in [0.15, 0.2) is 0 Å². The van der Waals surface area contributed by atoms with E-state index in [2.05, 4.69) is 19.9 Å². The third-order valence-electron chi connectivity index (χ3n) is 9.16. The van der Waals surface area contributed by atoms with Gasteiger partial charge in [-0.1, -0.05) is 90.9 Å². The van der Waals surface area contributed by atoms with Crippen molar-refractivity contribution in [3.05, 3.63) is 34.9 Å². The van der Waals surface area contributed by atoms with Crippen LogP contribution in [0.15, 0.2) is 18.2 Å². The lowest BCUT2D eigenvalue weighted by Crippen LogP contribution is -2.25. The van der Waals surface area contributed by atoms with Crippen LogP contribution in [0.2, 0.25) is 0 Å². The second kappa shape index (κ2) is 18.2. The maximum absolute atomic E-state index is 12.9. The molecule has 222 valence electrons. The van der Waals surface area contributed by atoms with Crippen molar-refractivity contribution >= 4 is 11.9 Å². The molecular weight excluding hydrogens is 498 g/mol. The largest absolute Gasteiger partial charge is 0.459 e. The highest BCUT2D eigenvalue weighted by molar-refractivity contribution is 5.96. The lowest BCUT2D eigenvalue weighted by Gasteiger charge is -2.28. The van der Waals surface area contributed by atoms with E-state index in [-0.39, 0.29) is 23.3 Å². The van der Waals surface area contributed by atoms with Crippen molar-refractivity contribution in [3.8, 4) is 6.07 Å². The second-order valence-electron chi connectivity index (χ2n) is 12.4. The number of benzene rings is 1. The molecular formula is C35H53NO4. The van der Waals surface area contributed by atoms with Gasteiger partial charge in [0, 0.05) is 0 Å². The summed E-state index contributed by atoms with van der Waals surface area (Å²) < 4.78 is 11.6. The summed E-state index contributed by atoms with van der Waals surface area (Å²) in [4.78, 5) is 25.8. The van der Waals surface area contributed by atoms with Gasteiger partial charge in [-0.3, -0.25) is 0 Å². The van der Waals surface area contributed by atoms with Crippen LogP contribution < -0.4 is 0 Å². The molecule has 3 rings (SSSR count). The van der Waals surface area contributed by atoms with Crippen LogP contribution >= 0.6 is 0 Å². The van der Waals surface area contributed by atoms with Crippen LogP contribution in [0.3, 0.4) is 0 Å². The lowest BCUT2D eigenvalue weighted by atomic mass is 9.84. The average molecular weight is 552 g/mol. The Bertz CT molecular complexity index is 935. The van der Waals surface area contributed by atoms with Crippen LogP contribution in [0.25, 0.3) is 0 Å². The number of rotatable bonds is 16. The Morgan fingerprint density at radius 3 is 1.65 bits per heavy atom. The van der Waals surface area contributed by atoms with Gasteiger partial charge < -0.3 is 9.47 Å². The van der Waals surface area contributed by atoms with Gasteiger partial charge in [-0.05, 0) is 81.4 Å². The van der Waals surface area contributed by atoms with Gasteiger partial charge in [0.1, 0.15) is 18.3 Å². The molecule has 0 atom stereocenters. The maximum atomic E-state index is 12.9. The van der Waals surface area contributed by atoms with Crippen LogP contribution in [0.5, 0.6) is 0 Å². The minimum atomic E-state index is -0.465. The highest BCUT2D eigenvalue weighted by atomic mass is 16.5. The maximum Gasteiger partial charge on any atom is 0.339 e. The van der Waals surface area contributed by atoms with Gasteiger partial charge in [0.25, 0.3) is 0 Å². The Hall–Kier alpha value is -2.35. The van der Waals surface area contributed by atoms with E-state index in [4.69, 9.17) is 9.47 Å². The standard InChI is InChI=1S/C35H53NO4/c1-3-5-7-9-11-13-27-15-20-31(21-16-27)39-34(37)29-19-24-33(30(25-29)26-36)35(38)40-32-22-17-28(18-23-32)14-12-10-8-6-4-2/h19,24-25,27-28,31-32H,3-18,20-23H2,1-2H3/t27-,28-,31-,32-. The van der Waals surface area contributed by atoms with E-state index in [0.29, 0.717) is 5.56 Å². The Balaban J connectivity index is 1.40. The molecule has 0 unspecified atom stereocenters. The molecule has 0 amide bonds. The summed E-state index contributed by atoms with van der Waals surface area (Å²) in [5, 5.41) is 9.71. The normalized spacial score (nSPS) is 22.8. The summed E-state index contributed by atoms with van der Waals surface area (Å²) >= 11 is 0. The number of hydrogen-bond acceptors (Lipinski definition) is 5. The molecule has 5 heteroatoms. The van der Waals surface area contributed by atoms with E-state index in [1.165, 1.54) is 83.1 Å². The minimum Gasteiger partial charge on any atom is -0.459 e. The fourth-order valence-electron chi connectivity index (χ4n) is 6.53. The molecule has 0 N–H and O–H groups in total. The number of esters is 2. The monoisotopic (exact) mass is 551 g/mol. The zero-order chi connectivity index (χ0) is 28.6. The first-order valence-corrected chi connectivity index (χ1v) is 16.5. The van der Waals surface area contributed by atoms with Crippen molar-refractivity contribution in [3.63, 3.8) is 0 Å². The van der Waals surface area contributed by atoms with Crippen LogP contribution in [0, 0.1) is 23.2 Å². The van der Waals surface area contributed by atoms with Gasteiger partial charge >= 0.3 is 11.9 Å². The molecule has 2 aliphatic carbocycles. The van der Waals surface area contributed by atoms with E-state index < -0.39 is 11.9 Å². The Morgan fingerprint density at radius 1 is 0.700 bits per heavy atom. The molecule has 5 nitrogen and oxygen atoms in total. The number of unbranched alkanes of at least 4 members (excludes halogenated alkanes) is 8. The fraction of sp³-hybridized carbons (Fsp3) is 0.743. The van der Waals surface area contributed by atoms with Gasteiger partial charge in [-0.2, -0.15) is 5.26 Å². The third kappa shape index (κ3) is 10.9. The molecule has 0 heterocycles. The smallest absolute Gasteiger partial charge is 0.339 e. The van der Waals surface area contributed by atoms with E-state index in [9.17, 15) is 14.9 Å². The molecule has 1 aromatic carbocycles. The SMILES string of the molecule is CCCCCCC[C@H]1CC[C@H](OC(=O)c2ccc(C(=O)O[C@H]3CC[C@H](CCCCCCC)CC3)c(C#N)c2)CC1. The second-order valence-corrected chi connectivity index (χ2v) is 12.4. The van der Waals surface area contributed by atoms with Crippen molar-refractivity contribution in [2.45, 2.75) is 154 Å². The first kappa shape index (κ1) is 32.2. The number of nitriles is 1. The summed E-state index contributed by atoms with van der Waals surface area (Å²) in [6.45, 7) is 4.49. The first-order valence-electron chi connectivity index (χ1n) is 16.5. The number of carbonyl (C=O) groups is 2. The third-order valence-corrected chi connectivity index (χ3v) is 9.16. The van der Waals surface area contributed by atoms with E-state index in [1.54, 1.807) is 12.1 Å². The minimum absolute atomic E-state index is 0.0644. The van der Waals surface area contributed by atoms with E-state index >= 15 is 0 Å². The predicted octanol–water partition coefficient (Wildman–Crippen LogP) is 9.71. The molecule has 0 aromatic heterocycles. The Labute approximate surface area is 243 Å². The zero-order valence-electron chi connectivity index (χ0n) is 25.3. The van der Waals surface area contributed by atoms with Crippen LogP contribution in [0.1, 0.15) is 169 Å². The number of nitrogens with zero attached hydrogens (tertiary/aromatic N) is 1. The molecule has 2 aliphatic rings. The quantitative estimate of drug-likeness (QED) is 0.151. The zero-order valence-corrected chi connectivity index (χ0v) is 25.3. The first-order chi connectivity index (χ1) is 19.5. The number of carbonyl (C=O) groups excluding carboxylic acids is 2. The van der Waals surface area contributed by atoms with Gasteiger partial charge in [-0.25, -0.2) is 9.59 Å². The highest BCUT2D eigenvalue weighted by Crippen LogP contribution is 2.32. The molecule has 0 bridgehead atoms. The van der Waals surface area contributed by atoms with Crippen molar-refractivity contribution in [2.75, 3.05) is 0 Å². The summed E-state index contributed by atoms with van der Waals surface area (Å²) in [6, 6.07) is 6.71. The van der Waals surface area contributed by atoms with Crippen molar-refractivity contribution in [1.29, 1.82) is 5.26 Å². The molecule has 0 radical (unpaired) electrons. The molecule has 2 fully saturated rings. The van der Waals surface area contributed by atoms with Crippen molar-refractivity contribution in [2.24, 2.45) is 11.8 Å². The molecule has 0 spiro atoms. The number of hydrogen-bond donors (Lipinski definition) is 0. The Morgan fingerprint density at radius 2 is 1.18 bits per heavy atom. The summed E-state index contributed by atoms with van der Waals surface area (Å²) in [5.74, 6) is 0.611. The van der Waals surface area contributed by atoms with E-state index in [0.717, 1.165) is 63.2 Å². The topological polar surface area (TPSA) is 76.4 Å². The summed E-state index contributed by atoms with van der Waals surface area (Å²) in [7, 11) is 0. The highest BCUT2D eigenvalue weighted by Gasteiger charge is 2.27. The summed E-state index contributed by atoms with van der Waals surface area (Å²) in [6.07, 6.45) is 23.6. The predicted molar refractivity (Wildman–Crippen MR) is 160 cm³/mol. The van der Waals surface area contributed by atoms with Crippen LogP contribution in [0.4, 0.5) is 0 Å². The van der Waals surface area contributed by atoms with Crippen molar-refractivity contribution < 1.29 is 19.1 Å². The number of ether oxygens (including phenoxy) is 2. The lowest BCUT2D eigenvalue weighted by molar-refractivity contribution is 0.0147. The molecule has 0 aliphatic heterocycles. The molecule has 40 heavy (non-hydrogen) atoms. The average Bonchev–Trinajstić information content (AvgIpc) is 2.98. The van der Waals surface area contributed by atoms with E-state index in [1.807, 2.05) is 0 Å². The Kier molecular flexibility index (Phi) is 14.6. The molecule has 0 saturated heterocycles. The summed E-state index contributed by atoms with van der Waals surface area (Å²) in [5.41, 5.74) is 0.731. The van der Waals surface area contributed by atoms with Gasteiger partial charge in [0.05, 0.1) is 16.7 Å². The van der Waals surface area contributed by atoms with Gasteiger partial charge in [-0.15, -0.1) is 0 Å². The fourth-order valence-corrected chi connectivity index (χ4v) is 6.53. The van der Waals surface area contributed by atoms with Crippen molar-refractivity contribution in [1.82, 2.24) is 0 Å². The van der Waals surface area contributed by atoms with Gasteiger partial charge in [0.2, 0.25) is 0 Å².